The number of nitrogens with one attached hydrogen (secondary N) is 2. The normalized spacial score (nSPS) is 13.9. The van der Waals surface area contributed by atoms with Crippen LogP contribution in [0.2, 0.25) is 0 Å². The standard InChI is InChI=1S/C17H19BrN2O2/c18-9-3-6-16(21)19-11-7-8-13-12-4-1-2-5-14(12)17(22)20-15(13)10-11/h7-8,10H,1-6,9H2,(H,19,21)(H,20,22). The van der Waals surface area contributed by atoms with Crippen molar-refractivity contribution in [3.63, 3.8) is 0 Å². The van der Waals surface area contributed by atoms with Crippen LogP contribution in [0.15, 0.2) is 23.0 Å². The average Bonchev–Trinajstić information content (AvgIpc) is 2.53. The number of carbonyl (C=O) groups excluding carboxylic acids is 1. The van der Waals surface area contributed by atoms with Gasteiger partial charge >= 0.3 is 0 Å². The number of aromatic nitrogens is 1. The predicted molar refractivity (Wildman–Crippen MR) is 92.9 cm³/mol. The number of carbonyl (C=O) groups is 1. The Labute approximate surface area is 137 Å². The van der Waals surface area contributed by atoms with Crippen LogP contribution < -0.4 is 10.9 Å². The van der Waals surface area contributed by atoms with Crippen LogP contribution in [0.1, 0.15) is 36.8 Å². The molecule has 2 aromatic rings. The number of aromatic amines is 1. The first-order valence-electron chi connectivity index (χ1n) is 7.72. The van der Waals surface area contributed by atoms with Gasteiger partial charge in [0.15, 0.2) is 0 Å². The number of amides is 1. The van der Waals surface area contributed by atoms with E-state index < -0.39 is 0 Å². The maximum absolute atomic E-state index is 12.2. The number of H-pyrrole nitrogens is 1. The van der Waals surface area contributed by atoms with Gasteiger partial charge in [-0.1, -0.05) is 22.0 Å². The minimum atomic E-state index is -0.000827. The van der Waals surface area contributed by atoms with E-state index in [9.17, 15) is 9.59 Å². The largest absolute Gasteiger partial charge is 0.326 e. The maximum Gasteiger partial charge on any atom is 0.251 e. The number of benzene rings is 1. The molecule has 4 nitrogen and oxygen atoms in total. The van der Waals surface area contributed by atoms with Crippen LogP contribution in [-0.4, -0.2) is 16.2 Å². The monoisotopic (exact) mass is 362 g/mol. The zero-order valence-corrected chi connectivity index (χ0v) is 14.0. The fourth-order valence-corrected chi connectivity index (χ4v) is 3.37. The summed E-state index contributed by atoms with van der Waals surface area (Å²) in [7, 11) is 0. The van der Waals surface area contributed by atoms with Crippen LogP contribution in [0, 0.1) is 0 Å². The van der Waals surface area contributed by atoms with Crippen molar-refractivity contribution in [3.8, 4) is 0 Å². The van der Waals surface area contributed by atoms with Crippen molar-refractivity contribution in [3.05, 3.63) is 39.7 Å². The molecule has 0 radical (unpaired) electrons. The van der Waals surface area contributed by atoms with Crippen LogP contribution >= 0.6 is 15.9 Å². The van der Waals surface area contributed by atoms with E-state index in [4.69, 9.17) is 0 Å². The molecule has 1 aromatic carbocycles. The number of halogens is 1. The molecule has 0 aliphatic heterocycles. The van der Waals surface area contributed by atoms with E-state index in [1.165, 1.54) is 5.56 Å². The second-order valence-electron chi connectivity index (χ2n) is 5.72. The first-order valence-corrected chi connectivity index (χ1v) is 8.85. The lowest BCUT2D eigenvalue weighted by atomic mass is 9.90. The van der Waals surface area contributed by atoms with E-state index in [0.717, 1.165) is 59.6 Å². The maximum atomic E-state index is 12.2. The second kappa shape index (κ2) is 6.65. The fraction of sp³-hybridized carbons (Fsp3) is 0.412. The number of aryl methyl sites for hydroxylation is 1. The van der Waals surface area contributed by atoms with Gasteiger partial charge in [0.05, 0.1) is 5.52 Å². The number of fused-ring (bicyclic) bond motifs is 3. The molecule has 1 amide bonds. The molecule has 0 bridgehead atoms. The number of rotatable bonds is 4. The summed E-state index contributed by atoms with van der Waals surface area (Å²) < 4.78 is 0. The zero-order chi connectivity index (χ0) is 15.5. The predicted octanol–water partition coefficient (Wildman–Crippen LogP) is 3.52. The summed E-state index contributed by atoms with van der Waals surface area (Å²) in [5, 5.41) is 4.81. The molecule has 116 valence electrons. The fourth-order valence-electron chi connectivity index (χ4n) is 3.09. The minimum Gasteiger partial charge on any atom is -0.326 e. The van der Waals surface area contributed by atoms with Crippen LogP contribution in [0.3, 0.4) is 0 Å². The third-order valence-corrected chi connectivity index (χ3v) is 4.72. The Morgan fingerprint density at radius 3 is 2.77 bits per heavy atom. The summed E-state index contributed by atoms with van der Waals surface area (Å²) >= 11 is 3.32. The van der Waals surface area contributed by atoms with Crippen molar-refractivity contribution in [2.75, 3.05) is 10.6 Å². The Morgan fingerprint density at radius 2 is 2.00 bits per heavy atom. The molecular weight excluding hydrogens is 344 g/mol. The SMILES string of the molecule is O=C(CCCBr)Nc1ccc2c3c(c(=O)[nH]c2c1)CCCC3. The summed E-state index contributed by atoms with van der Waals surface area (Å²) in [6.07, 6.45) is 5.35. The summed E-state index contributed by atoms with van der Waals surface area (Å²) in [6, 6.07) is 5.79. The Morgan fingerprint density at radius 1 is 1.23 bits per heavy atom. The van der Waals surface area contributed by atoms with Gasteiger partial charge in [-0.25, -0.2) is 0 Å². The van der Waals surface area contributed by atoms with Crippen LogP contribution in [0.4, 0.5) is 5.69 Å². The molecule has 3 rings (SSSR count). The van der Waals surface area contributed by atoms with Gasteiger partial charge in [-0.3, -0.25) is 9.59 Å². The lowest BCUT2D eigenvalue weighted by molar-refractivity contribution is -0.116. The zero-order valence-electron chi connectivity index (χ0n) is 12.4. The third kappa shape index (κ3) is 3.09. The molecule has 0 atom stereocenters. The van der Waals surface area contributed by atoms with Gasteiger partial charge in [0, 0.05) is 28.4 Å². The van der Waals surface area contributed by atoms with Gasteiger partial charge in [-0.05, 0) is 49.8 Å². The Kier molecular flexibility index (Phi) is 4.62. The highest BCUT2D eigenvalue weighted by Crippen LogP contribution is 2.27. The summed E-state index contributed by atoms with van der Waals surface area (Å²) in [5.74, 6) is -0.000827. The van der Waals surface area contributed by atoms with Gasteiger partial charge in [-0.15, -0.1) is 0 Å². The number of hydrogen-bond acceptors (Lipinski definition) is 2. The number of anilines is 1. The van der Waals surface area contributed by atoms with Crippen molar-refractivity contribution in [1.82, 2.24) is 4.98 Å². The van der Waals surface area contributed by atoms with Crippen molar-refractivity contribution in [1.29, 1.82) is 0 Å². The highest BCUT2D eigenvalue weighted by Gasteiger charge is 2.16. The quantitative estimate of drug-likeness (QED) is 0.817. The first kappa shape index (κ1) is 15.3. The van der Waals surface area contributed by atoms with Crippen LogP contribution in [0.5, 0.6) is 0 Å². The molecule has 1 aromatic heterocycles. The number of pyridine rings is 1. The Hall–Kier alpha value is -1.62. The molecule has 1 heterocycles. The lowest BCUT2D eigenvalue weighted by Crippen LogP contribution is -2.19. The minimum absolute atomic E-state index is 0.000827. The molecule has 0 spiro atoms. The molecule has 0 fully saturated rings. The first-order chi connectivity index (χ1) is 10.7. The van der Waals surface area contributed by atoms with Crippen LogP contribution in [0.25, 0.3) is 10.9 Å². The molecule has 22 heavy (non-hydrogen) atoms. The molecule has 2 N–H and O–H groups in total. The smallest absolute Gasteiger partial charge is 0.251 e. The third-order valence-electron chi connectivity index (χ3n) is 4.16. The van der Waals surface area contributed by atoms with Gasteiger partial charge in [0.2, 0.25) is 5.91 Å². The van der Waals surface area contributed by atoms with Crippen molar-refractivity contribution >= 4 is 38.4 Å². The molecule has 1 aliphatic carbocycles. The second-order valence-corrected chi connectivity index (χ2v) is 6.51. The summed E-state index contributed by atoms with van der Waals surface area (Å²) in [5.41, 5.74) is 3.68. The topological polar surface area (TPSA) is 62.0 Å². The highest BCUT2D eigenvalue weighted by atomic mass is 79.9. The highest BCUT2D eigenvalue weighted by molar-refractivity contribution is 9.09. The Balaban J connectivity index is 1.94. The van der Waals surface area contributed by atoms with Crippen LogP contribution in [-0.2, 0) is 17.6 Å². The van der Waals surface area contributed by atoms with E-state index in [2.05, 4.69) is 26.2 Å². The van der Waals surface area contributed by atoms with E-state index in [0.29, 0.717) is 6.42 Å². The van der Waals surface area contributed by atoms with Crippen molar-refractivity contribution in [2.24, 2.45) is 0 Å². The molecule has 0 unspecified atom stereocenters. The van der Waals surface area contributed by atoms with Gasteiger partial charge in [-0.2, -0.15) is 0 Å². The number of hydrogen-bond donors (Lipinski definition) is 2. The van der Waals surface area contributed by atoms with Crippen molar-refractivity contribution in [2.45, 2.75) is 38.5 Å². The lowest BCUT2D eigenvalue weighted by Gasteiger charge is -2.17. The average molecular weight is 363 g/mol. The summed E-state index contributed by atoms with van der Waals surface area (Å²) in [4.78, 5) is 27.0. The molecule has 0 saturated carbocycles. The van der Waals surface area contributed by atoms with Crippen molar-refractivity contribution < 1.29 is 4.79 Å². The Bertz CT molecular complexity index is 767. The molecule has 5 heteroatoms. The van der Waals surface area contributed by atoms with Gasteiger partial charge in [0.1, 0.15) is 0 Å². The van der Waals surface area contributed by atoms with Gasteiger partial charge in [0.25, 0.3) is 5.56 Å². The number of alkyl halides is 1. The summed E-state index contributed by atoms with van der Waals surface area (Å²) in [6.45, 7) is 0. The molecule has 1 aliphatic rings. The van der Waals surface area contributed by atoms with E-state index in [1.54, 1.807) is 0 Å². The van der Waals surface area contributed by atoms with E-state index >= 15 is 0 Å². The molecular formula is C17H19BrN2O2. The van der Waals surface area contributed by atoms with Gasteiger partial charge < -0.3 is 10.3 Å². The van der Waals surface area contributed by atoms with E-state index in [-0.39, 0.29) is 11.5 Å². The molecule has 0 saturated heterocycles. The van der Waals surface area contributed by atoms with E-state index in [1.807, 2.05) is 18.2 Å².